The zero-order valence-electron chi connectivity index (χ0n) is 11.5. The molecule has 0 aliphatic heterocycles. The Hall–Kier alpha value is -1.40. The van der Waals surface area contributed by atoms with Crippen molar-refractivity contribution in [3.63, 3.8) is 0 Å². The van der Waals surface area contributed by atoms with E-state index < -0.39 is 0 Å². The maximum absolute atomic E-state index is 10.1. The average Bonchev–Trinajstić information content (AvgIpc) is 2.49. The van der Waals surface area contributed by atoms with Crippen LogP contribution in [0.5, 0.6) is 0 Å². The number of nitroso groups, excluding NO2 is 1. The first-order valence-electron chi connectivity index (χ1n) is 6.06. The van der Waals surface area contributed by atoms with Crippen LogP contribution in [0.3, 0.4) is 0 Å². The number of benzene rings is 2. The van der Waals surface area contributed by atoms with Crippen LogP contribution in [-0.2, 0) is 0 Å². The number of rotatable bonds is 4. The van der Waals surface area contributed by atoms with Gasteiger partial charge in [-0.25, -0.2) is 10.4 Å². The molecule has 4 nitrogen and oxygen atoms in total. The minimum absolute atomic E-state index is 0. The molecule has 0 radical (unpaired) electrons. The average molecular weight is 304 g/mol. The van der Waals surface area contributed by atoms with Crippen molar-refractivity contribution in [1.29, 1.82) is 0 Å². The standard InChI is InChI=1S/C15H11N3OS.Na/c19-18-17-15-8-7-14(10-16-15)20-13-6-5-11-3-1-2-4-12(11)9-13;/h1-10H,(H,16,17,19);/q;+1. The van der Waals surface area contributed by atoms with Gasteiger partial charge in [-0.1, -0.05) is 42.1 Å². The third-order valence-corrected chi connectivity index (χ3v) is 3.82. The van der Waals surface area contributed by atoms with E-state index in [0.29, 0.717) is 5.82 Å². The van der Waals surface area contributed by atoms with Crippen molar-refractivity contribution in [2.24, 2.45) is 5.29 Å². The van der Waals surface area contributed by atoms with Crippen LogP contribution in [0.25, 0.3) is 10.8 Å². The van der Waals surface area contributed by atoms with E-state index in [4.69, 9.17) is 0 Å². The van der Waals surface area contributed by atoms with Gasteiger partial charge in [0.15, 0.2) is 0 Å². The van der Waals surface area contributed by atoms with Gasteiger partial charge in [-0.3, -0.25) is 0 Å². The third-order valence-electron chi connectivity index (χ3n) is 2.85. The summed E-state index contributed by atoms with van der Waals surface area (Å²) in [5.74, 6) is 0.447. The molecule has 1 heterocycles. The summed E-state index contributed by atoms with van der Waals surface area (Å²) in [7, 11) is 0. The smallest absolute Gasteiger partial charge is 0.236 e. The summed E-state index contributed by atoms with van der Waals surface area (Å²) in [4.78, 5) is 16.3. The van der Waals surface area contributed by atoms with Crippen molar-refractivity contribution in [1.82, 2.24) is 4.98 Å². The molecule has 0 saturated heterocycles. The predicted molar refractivity (Wildman–Crippen MR) is 81.7 cm³/mol. The molecule has 1 aromatic heterocycles. The first kappa shape index (κ1) is 16.0. The number of nitrogens with zero attached hydrogens (tertiary/aromatic N) is 2. The number of hydrogen-bond acceptors (Lipinski definition) is 4. The van der Waals surface area contributed by atoms with Crippen molar-refractivity contribution in [2.45, 2.75) is 9.79 Å². The van der Waals surface area contributed by atoms with Crippen molar-refractivity contribution >= 4 is 28.4 Å². The van der Waals surface area contributed by atoms with Gasteiger partial charge in [0, 0.05) is 16.0 Å². The second-order valence-electron chi connectivity index (χ2n) is 4.19. The van der Waals surface area contributed by atoms with Gasteiger partial charge in [0.1, 0.15) is 5.82 Å². The Morgan fingerprint density at radius 2 is 1.71 bits per heavy atom. The van der Waals surface area contributed by atoms with Crippen LogP contribution in [0.4, 0.5) is 5.82 Å². The summed E-state index contributed by atoms with van der Waals surface area (Å²) in [5.41, 5.74) is 2.27. The molecule has 0 aliphatic carbocycles. The minimum Gasteiger partial charge on any atom is -0.236 e. The maximum Gasteiger partial charge on any atom is 1.00 e. The SMILES string of the molecule is O=NNc1ccc(Sc2ccc3ccccc3c2)cn1.[Na+]. The number of nitrogens with one attached hydrogen (secondary N) is 1. The quantitative estimate of drug-likeness (QED) is 0.451. The largest absolute Gasteiger partial charge is 1.00 e. The van der Waals surface area contributed by atoms with Gasteiger partial charge in [0.05, 0.1) is 5.29 Å². The van der Waals surface area contributed by atoms with E-state index in [9.17, 15) is 4.91 Å². The Kier molecular flexibility index (Phi) is 5.76. The predicted octanol–water partition coefficient (Wildman–Crippen LogP) is 1.48. The van der Waals surface area contributed by atoms with Gasteiger partial charge in [0.25, 0.3) is 0 Å². The molecule has 1 N–H and O–H groups in total. The number of pyridine rings is 1. The van der Waals surface area contributed by atoms with E-state index in [1.807, 2.05) is 18.2 Å². The molecule has 0 fully saturated rings. The fourth-order valence-corrected chi connectivity index (χ4v) is 2.76. The molecule has 0 atom stereocenters. The van der Waals surface area contributed by atoms with Crippen LogP contribution in [-0.4, -0.2) is 4.98 Å². The minimum atomic E-state index is 0. The monoisotopic (exact) mass is 304 g/mol. The van der Waals surface area contributed by atoms with Gasteiger partial charge in [0.2, 0.25) is 0 Å². The fraction of sp³-hybridized carbons (Fsp3) is 0. The van der Waals surface area contributed by atoms with Gasteiger partial charge in [-0.15, -0.1) is 4.91 Å². The Morgan fingerprint density at radius 1 is 0.952 bits per heavy atom. The summed E-state index contributed by atoms with van der Waals surface area (Å²) in [6.07, 6.45) is 1.72. The van der Waals surface area contributed by atoms with Gasteiger partial charge >= 0.3 is 29.6 Å². The van der Waals surface area contributed by atoms with Crippen LogP contribution in [0.15, 0.2) is 75.9 Å². The van der Waals surface area contributed by atoms with E-state index in [-0.39, 0.29) is 29.6 Å². The van der Waals surface area contributed by atoms with Crippen LogP contribution in [0.1, 0.15) is 0 Å². The topological polar surface area (TPSA) is 54.4 Å². The molecule has 0 spiro atoms. The van der Waals surface area contributed by atoms with Gasteiger partial charge in [-0.05, 0) is 35.0 Å². The van der Waals surface area contributed by atoms with Crippen molar-refractivity contribution in [3.05, 3.63) is 65.7 Å². The van der Waals surface area contributed by atoms with E-state index in [1.165, 1.54) is 10.8 Å². The molecule has 0 saturated carbocycles. The third kappa shape index (κ3) is 4.04. The van der Waals surface area contributed by atoms with Crippen LogP contribution in [0.2, 0.25) is 0 Å². The van der Waals surface area contributed by atoms with E-state index in [0.717, 1.165) is 9.79 Å². The molecule has 2 aromatic carbocycles. The zero-order valence-corrected chi connectivity index (χ0v) is 14.3. The maximum atomic E-state index is 10.1. The Balaban J connectivity index is 0.00000161. The first-order valence-corrected chi connectivity index (χ1v) is 6.88. The second kappa shape index (κ2) is 7.56. The van der Waals surface area contributed by atoms with Gasteiger partial charge in [-0.2, -0.15) is 0 Å². The Morgan fingerprint density at radius 3 is 2.43 bits per heavy atom. The number of anilines is 1. The molecule has 3 aromatic rings. The van der Waals surface area contributed by atoms with Crippen molar-refractivity contribution in [2.75, 3.05) is 5.43 Å². The molecule has 0 amide bonds. The van der Waals surface area contributed by atoms with Crippen molar-refractivity contribution in [3.8, 4) is 0 Å². The van der Waals surface area contributed by atoms with Crippen molar-refractivity contribution < 1.29 is 29.6 Å². The number of hydrogen-bond donors (Lipinski definition) is 1. The van der Waals surface area contributed by atoms with E-state index >= 15 is 0 Å². The summed E-state index contributed by atoms with van der Waals surface area (Å²) in [6, 6.07) is 18.2. The number of fused-ring (bicyclic) bond motifs is 1. The fourth-order valence-electron chi connectivity index (χ4n) is 1.92. The number of aromatic nitrogens is 1. The Labute approximate surface area is 148 Å². The summed E-state index contributed by atoms with van der Waals surface area (Å²) >= 11 is 1.63. The molecule has 0 aliphatic rings. The summed E-state index contributed by atoms with van der Waals surface area (Å²) in [6.45, 7) is 0. The zero-order chi connectivity index (χ0) is 13.8. The van der Waals surface area contributed by atoms with Crippen LogP contribution >= 0.6 is 11.8 Å². The Bertz CT molecular complexity index is 749. The molecule has 3 rings (SSSR count). The molecular formula is C15H11N3NaOS+. The molecule has 0 unspecified atom stereocenters. The van der Waals surface area contributed by atoms with Crippen LogP contribution < -0.4 is 35.0 Å². The first-order chi connectivity index (χ1) is 9.85. The normalized spacial score (nSPS) is 9.90. The van der Waals surface area contributed by atoms with Gasteiger partial charge < -0.3 is 0 Å². The molecule has 98 valence electrons. The van der Waals surface area contributed by atoms with E-state index in [2.05, 4.69) is 46.0 Å². The summed E-state index contributed by atoms with van der Waals surface area (Å²) in [5, 5.41) is 5.03. The van der Waals surface area contributed by atoms with Crippen LogP contribution in [0, 0.1) is 4.91 Å². The molecule has 6 heteroatoms. The molecule has 0 bridgehead atoms. The van der Waals surface area contributed by atoms with E-state index in [1.54, 1.807) is 24.0 Å². The second-order valence-corrected chi connectivity index (χ2v) is 5.34. The summed E-state index contributed by atoms with van der Waals surface area (Å²) < 4.78 is 0. The molecule has 21 heavy (non-hydrogen) atoms. The molecular weight excluding hydrogens is 293 g/mol.